The zero-order chi connectivity index (χ0) is 21.0. The van der Waals surface area contributed by atoms with Crippen molar-refractivity contribution in [2.45, 2.75) is 57.8 Å². The average molecular weight is 412 g/mol. The quantitative estimate of drug-likeness (QED) is 0.674. The van der Waals surface area contributed by atoms with Gasteiger partial charge in [-0.2, -0.15) is 0 Å². The topological polar surface area (TPSA) is 49.8 Å². The molecule has 154 valence electrons. The van der Waals surface area contributed by atoms with Crippen LogP contribution in [0.25, 0.3) is 0 Å². The van der Waals surface area contributed by atoms with Crippen LogP contribution in [0, 0.1) is 5.92 Å². The van der Waals surface area contributed by atoms with E-state index in [2.05, 4.69) is 13.8 Å². The maximum Gasteiger partial charge on any atom is 0.267 e. The minimum absolute atomic E-state index is 0.0419. The van der Waals surface area contributed by atoms with Crippen LogP contribution >= 0.6 is 12.2 Å². The van der Waals surface area contributed by atoms with Gasteiger partial charge in [-0.1, -0.05) is 87.9 Å². The van der Waals surface area contributed by atoms with Gasteiger partial charge in [0.2, 0.25) is 5.91 Å². The third-order valence-electron chi connectivity index (χ3n) is 5.48. The van der Waals surface area contributed by atoms with Crippen molar-refractivity contribution < 1.29 is 14.6 Å². The van der Waals surface area contributed by atoms with Crippen LogP contribution in [0.2, 0.25) is 0 Å². The van der Waals surface area contributed by atoms with Gasteiger partial charge in [-0.3, -0.25) is 9.69 Å². The van der Waals surface area contributed by atoms with E-state index in [9.17, 15) is 9.90 Å². The molecule has 1 aliphatic rings. The normalized spacial score (nSPS) is 19.3. The lowest BCUT2D eigenvalue weighted by Crippen LogP contribution is -2.50. The summed E-state index contributed by atoms with van der Waals surface area (Å²) < 4.78 is 6.43. The lowest BCUT2D eigenvalue weighted by atomic mass is 9.75. The standard InChI is InChI=1S/C24H29NO3S/c1-4-11-20(26)16-21(27)25-22(17(2)3)24(28-23(25)29,18-12-7-5-8-13-18)19-14-9-6-10-15-19/h5-10,12-15,17,20,22,26H,4,11,16H2,1-3H3/t20-,22-/m0/s1. The van der Waals surface area contributed by atoms with E-state index in [-0.39, 0.29) is 29.5 Å². The van der Waals surface area contributed by atoms with Gasteiger partial charge in [-0.15, -0.1) is 0 Å². The molecule has 0 bridgehead atoms. The van der Waals surface area contributed by atoms with Crippen LogP contribution in [0.1, 0.15) is 51.2 Å². The molecule has 0 saturated carbocycles. The second kappa shape index (κ2) is 9.06. The highest BCUT2D eigenvalue weighted by molar-refractivity contribution is 7.80. The zero-order valence-electron chi connectivity index (χ0n) is 17.2. The van der Waals surface area contributed by atoms with Crippen LogP contribution in [-0.4, -0.2) is 33.2 Å². The van der Waals surface area contributed by atoms with E-state index in [0.717, 1.165) is 17.5 Å². The molecule has 1 aliphatic heterocycles. The number of benzene rings is 2. The van der Waals surface area contributed by atoms with Crippen molar-refractivity contribution >= 4 is 23.3 Å². The molecule has 3 rings (SSSR count). The van der Waals surface area contributed by atoms with E-state index >= 15 is 0 Å². The fraction of sp³-hybridized carbons (Fsp3) is 0.417. The maximum atomic E-state index is 13.2. The molecule has 2 aromatic rings. The molecule has 0 spiro atoms. The summed E-state index contributed by atoms with van der Waals surface area (Å²) in [6, 6.07) is 19.6. The molecule has 2 atom stereocenters. The van der Waals surface area contributed by atoms with Gasteiger partial charge in [0.1, 0.15) is 0 Å². The Morgan fingerprint density at radius 1 is 1.10 bits per heavy atom. The third-order valence-corrected chi connectivity index (χ3v) is 5.76. The van der Waals surface area contributed by atoms with E-state index in [4.69, 9.17) is 17.0 Å². The van der Waals surface area contributed by atoms with Crippen molar-refractivity contribution in [1.82, 2.24) is 4.90 Å². The molecule has 0 unspecified atom stereocenters. The summed E-state index contributed by atoms with van der Waals surface area (Å²) in [5.41, 5.74) is 1.02. The molecule has 1 N–H and O–H groups in total. The summed E-state index contributed by atoms with van der Waals surface area (Å²) >= 11 is 5.58. The van der Waals surface area contributed by atoms with E-state index < -0.39 is 11.7 Å². The van der Waals surface area contributed by atoms with Crippen LogP contribution < -0.4 is 0 Å². The van der Waals surface area contributed by atoms with Gasteiger partial charge >= 0.3 is 0 Å². The van der Waals surface area contributed by atoms with Crippen molar-refractivity contribution in [2.75, 3.05) is 0 Å². The van der Waals surface area contributed by atoms with Gasteiger partial charge < -0.3 is 9.84 Å². The average Bonchev–Trinajstić information content (AvgIpc) is 3.04. The molecule has 5 heteroatoms. The smallest absolute Gasteiger partial charge is 0.267 e. The van der Waals surface area contributed by atoms with Crippen LogP contribution in [-0.2, 0) is 15.1 Å². The van der Waals surface area contributed by atoms with Crippen LogP contribution in [0.15, 0.2) is 60.7 Å². The Labute approximate surface area is 178 Å². The lowest BCUT2D eigenvalue weighted by Gasteiger charge is -2.38. The number of aliphatic hydroxyl groups is 1. The van der Waals surface area contributed by atoms with E-state index in [1.807, 2.05) is 67.6 Å². The molecule has 4 nitrogen and oxygen atoms in total. The van der Waals surface area contributed by atoms with Crippen molar-refractivity contribution in [2.24, 2.45) is 5.92 Å². The molecule has 1 saturated heterocycles. The monoisotopic (exact) mass is 411 g/mol. The first-order valence-corrected chi connectivity index (χ1v) is 10.7. The Hall–Kier alpha value is -2.24. The first kappa shape index (κ1) is 21.5. The van der Waals surface area contributed by atoms with Gasteiger partial charge in [0.25, 0.3) is 5.17 Å². The molecule has 2 aromatic carbocycles. The number of carbonyl (C=O) groups excluding carboxylic acids is 1. The second-order valence-corrected chi connectivity index (χ2v) is 8.28. The van der Waals surface area contributed by atoms with Gasteiger partial charge in [-0.25, -0.2) is 0 Å². The summed E-state index contributed by atoms with van der Waals surface area (Å²) in [5.74, 6) is -0.119. The minimum atomic E-state index is -0.890. The van der Waals surface area contributed by atoms with Gasteiger partial charge in [0.15, 0.2) is 5.60 Å². The highest BCUT2D eigenvalue weighted by atomic mass is 32.1. The first-order chi connectivity index (χ1) is 13.9. The number of amides is 1. The largest absolute Gasteiger partial charge is 0.452 e. The lowest BCUT2D eigenvalue weighted by molar-refractivity contribution is -0.131. The van der Waals surface area contributed by atoms with Crippen LogP contribution in [0.5, 0.6) is 0 Å². The SMILES string of the molecule is CCC[C@H](O)CC(=O)N1C(=S)OC(c2ccccc2)(c2ccccc2)[C@@H]1C(C)C. The Bertz CT molecular complexity index is 798. The van der Waals surface area contributed by atoms with Crippen molar-refractivity contribution in [3.63, 3.8) is 0 Å². The number of hydrogen-bond acceptors (Lipinski definition) is 4. The van der Waals surface area contributed by atoms with Gasteiger partial charge in [0.05, 0.1) is 18.6 Å². The number of carbonyl (C=O) groups is 1. The Morgan fingerprint density at radius 2 is 1.62 bits per heavy atom. The van der Waals surface area contributed by atoms with Crippen molar-refractivity contribution in [1.29, 1.82) is 0 Å². The Kier molecular flexibility index (Phi) is 6.70. The van der Waals surface area contributed by atoms with Crippen LogP contribution in [0.4, 0.5) is 0 Å². The Balaban J connectivity index is 2.12. The summed E-state index contributed by atoms with van der Waals surface area (Å²) in [6.07, 6.45) is 0.773. The highest BCUT2D eigenvalue weighted by Gasteiger charge is 2.57. The predicted molar refractivity (Wildman–Crippen MR) is 118 cm³/mol. The number of nitrogens with zero attached hydrogens (tertiary/aromatic N) is 1. The van der Waals surface area contributed by atoms with E-state index in [1.165, 1.54) is 0 Å². The third kappa shape index (κ3) is 4.07. The molecule has 29 heavy (non-hydrogen) atoms. The molecular weight excluding hydrogens is 382 g/mol. The minimum Gasteiger partial charge on any atom is -0.452 e. The zero-order valence-corrected chi connectivity index (χ0v) is 18.1. The predicted octanol–water partition coefficient (Wildman–Crippen LogP) is 4.65. The van der Waals surface area contributed by atoms with E-state index in [1.54, 1.807) is 4.90 Å². The summed E-state index contributed by atoms with van der Waals surface area (Å²) in [4.78, 5) is 14.8. The summed E-state index contributed by atoms with van der Waals surface area (Å²) in [6.45, 7) is 6.14. The fourth-order valence-corrected chi connectivity index (χ4v) is 4.65. The van der Waals surface area contributed by atoms with Gasteiger partial charge in [0, 0.05) is 11.1 Å². The number of rotatable bonds is 7. The molecule has 0 aliphatic carbocycles. The summed E-state index contributed by atoms with van der Waals surface area (Å²) in [7, 11) is 0. The fourth-order valence-electron chi connectivity index (χ4n) is 4.30. The molecule has 1 fully saturated rings. The number of thiocarbonyl (C=S) groups is 1. The van der Waals surface area contributed by atoms with Crippen molar-refractivity contribution in [3.8, 4) is 0 Å². The van der Waals surface area contributed by atoms with E-state index in [0.29, 0.717) is 6.42 Å². The number of ether oxygens (including phenoxy) is 1. The molecule has 1 heterocycles. The molecule has 1 amide bonds. The molecule has 0 aromatic heterocycles. The second-order valence-electron chi connectivity index (χ2n) is 7.93. The summed E-state index contributed by atoms with van der Waals surface area (Å²) in [5, 5.41) is 10.4. The molecular formula is C24H29NO3S. The Morgan fingerprint density at radius 3 is 2.07 bits per heavy atom. The highest BCUT2D eigenvalue weighted by Crippen LogP contribution is 2.47. The van der Waals surface area contributed by atoms with Crippen LogP contribution in [0.3, 0.4) is 0 Å². The first-order valence-electron chi connectivity index (χ1n) is 10.3. The van der Waals surface area contributed by atoms with Crippen molar-refractivity contribution in [3.05, 3.63) is 71.8 Å². The maximum absolute atomic E-state index is 13.2. The van der Waals surface area contributed by atoms with Gasteiger partial charge in [-0.05, 0) is 24.6 Å². The number of aliphatic hydroxyl groups excluding tert-OH is 1. The molecule has 0 radical (unpaired) electrons. The number of hydrogen-bond donors (Lipinski definition) is 1.